The van der Waals surface area contributed by atoms with E-state index in [1.54, 1.807) is 12.1 Å². The molecule has 0 saturated heterocycles. The Bertz CT molecular complexity index is 929. The van der Waals surface area contributed by atoms with E-state index in [0.717, 1.165) is 11.1 Å². The second kappa shape index (κ2) is 9.00. The van der Waals surface area contributed by atoms with E-state index in [4.69, 9.17) is 27.9 Å². The summed E-state index contributed by atoms with van der Waals surface area (Å²) in [5.41, 5.74) is 4.73. The first kappa shape index (κ1) is 20.7. The molecular formula is C24H24Cl2O2. The first-order valence-corrected chi connectivity index (χ1v) is 10.1. The van der Waals surface area contributed by atoms with Gasteiger partial charge >= 0.3 is 0 Å². The van der Waals surface area contributed by atoms with Crippen LogP contribution in [0.3, 0.4) is 0 Å². The van der Waals surface area contributed by atoms with E-state index in [0.29, 0.717) is 33.9 Å². The van der Waals surface area contributed by atoms with E-state index in [1.165, 1.54) is 11.1 Å². The Balaban J connectivity index is 1.85. The van der Waals surface area contributed by atoms with Crippen molar-refractivity contribution < 1.29 is 9.84 Å². The molecule has 0 bridgehead atoms. The van der Waals surface area contributed by atoms with Crippen LogP contribution in [0.4, 0.5) is 0 Å². The summed E-state index contributed by atoms with van der Waals surface area (Å²) >= 11 is 12.9. The Hall–Kier alpha value is -2.00. The molecule has 3 rings (SSSR count). The lowest BCUT2D eigenvalue weighted by molar-refractivity contribution is 0.220. The lowest BCUT2D eigenvalue weighted by Gasteiger charge is -2.19. The summed E-state index contributed by atoms with van der Waals surface area (Å²) in [6.45, 7) is 6.77. The van der Waals surface area contributed by atoms with Crippen LogP contribution in [0.5, 0.6) is 5.75 Å². The normalized spacial score (nSPS) is 12.2. The van der Waals surface area contributed by atoms with Crippen LogP contribution in [0, 0.1) is 6.92 Å². The summed E-state index contributed by atoms with van der Waals surface area (Å²) in [6.07, 6.45) is -0.902. The Kier molecular flexibility index (Phi) is 6.66. The van der Waals surface area contributed by atoms with E-state index in [-0.39, 0.29) is 0 Å². The van der Waals surface area contributed by atoms with Gasteiger partial charge in [0.1, 0.15) is 18.5 Å². The molecule has 28 heavy (non-hydrogen) atoms. The summed E-state index contributed by atoms with van der Waals surface area (Å²) in [4.78, 5) is 0. The Labute approximate surface area is 176 Å². The van der Waals surface area contributed by atoms with Gasteiger partial charge in [0, 0.05) is 5.56 Å². The Morgan fingerprint density at radius 3 is 2.18 bits per heavy atom. The molecule has 3 aromatic carbocycles. The van der Waals surface area contributed by atoms with Crippen molar-refractivity contribution in [3.05, 3.63) is 98.5 Å². The summed E-state index contributed by atoms with van der Waals surface area (Å²) in [5.74, 6) is 0.938. The third-order valence-electron chi connectivity index (χ3n) is 4.82. The number of benzene rings is 3. The molecule has 1 unspecified atom stereocenters. The number of rotatable bonds is 6. The first-order chi connectivity index (χ1) is 13.4. The minimum Gasteiger partial charge on any atom is -0.489 e. The second-order valence-electron chi connectivity index (χ2n) is 7.25. The molecule has 4 heteroatoms. The second-order valence-corrected chi connectivity index (χ2v) is 8.06. The van der Waals surface area contributed by atoms with E-state index < -0.39 is 6.10 Å². The van der Waals surface area contributed by atoms with Crippen molar-refractivity contribution in [2.45, 2.75) is 39.4 Å². The van der Waals surface area contributed by atoms with E-state index in [9.17, 15) is 5.11 Å². The highest BCUT2D eigenvalue weighted by molar-refractivity contribution is 6.36. The molecule has 0 heterocycles. The van der Waals surface area contributed by atoms with Gasteiger partial charge in [-0.3, -0.25) is 0 Å². The maximum absolute atomic E-state index is 10.9. The fraction of sp³-hybridized carbons (Fsp3) is 0.250. The predicted octanol–water partition coefficient (Wildman–Crippen LogP) is 7.09. The zero-order chi connectivity index (χ0) is 20.3. The minimum atomic E-state index is -0.902. The molecule has 146 valence electrons. The average Bonchev–Trinajstić information content (AvgIpc) is 2.66. The zero-order valence-corrected chi connectivity index (χ0v) is 17.8. The maximum atomic E-state index is 10.9. The van der Waals surface area contributed by atoms with Crippen LogP contribution < -0.4 is 4.74 Å². The molecule has 0 saturated carbocycles. The van der Waals surface area contributed by atoms with Gasteiger partial charge < -0.3 is 9.84 Å². The summed E-state index contributed by atoms with van der Waals surface area (Å²) < 4.78 is 5.81. The topological polar surface area (TPSA) is 29.5 Å². The van der Waals surface area contributed by atoms with Gasteiger partial charge in [-0.25, -0.2) is 0 Å². The number of ether oxygens (including phenoxy) is 1. The van der Waals surface area contributed by atoms with Crippen LogP contribution >= 0.6 is 23.2 Å². The number of halogens is 2. The molecule has 0 aromatic heterocycles. The predicted molar refractivity (Wildman–Crippen MR) is 117 cm³/mol. The highest BCUT2D eigenvalue weighted by atomic mass is 35.5. The molecule has 0 radical (unpaired) electrons. The fourth-order valence-electron chi connectivity index (χ4n) is 3.26. The zero-order valence-electron chi connectivity index (χ0n) is 16.2. The van der Waals surface area contributed by atoms with Crippen LogP contribution in [0.2, 0.25) is 10.0 Å². The van der Waals surface area contributed by atoms with E-state index in [1.807, 2.05) is 48.5 Å². The third kappa shape index (κ3) is 4.70. The van der Waals surface area contributed by atoms with Crippen LogP contribution in [0.25, 0.3) is 0 Å². The van der Waals surface area contributed by atoms with Gasteiger partial charge in [0.25, 0.3) is 0 Å². The molecule has 0 aliphatic carbocycles. The monoisotopic (exact) mass is 414 g/mol. The van der Waals surface area contributed by atoms with Gasteiger partial charge in [-0.15, -0.1) is 0 Å². The Morgan fingerprint density at radius 2 is 1.57 bits per heavy atom. The maximum Gasteiger partial charge on any atom is 0.122 e. The SMILES string of the molecule is Cc1ccc(C(O)c2c(Cl)cc(OCc3ccccc3)cc2Cl)cc1C(C)C. The van der Waals surface area contributed by atoms with E-state index >= 15 is 0 Å². The molecule has 1 atom stereocenters. The van der Waals surface area contributed by atoms with Crippen LogP contribution in [0.15, 0.2) is 60.7 Å². The first-order valence-electron chi connectivity index (χ1n) is 9.31. The fourth-order valence-corrected chi connectivity index (χ4v) is 3.94. The van der Waals surface area contributed by atoms with Gasteiger partial charge in [0.15, 0.2) is 0 Å². The molecule has 1 N–H and O–H groups in total. The van der Waals surface area contributed by atoms with Crippen molar-refractivity contribution in [2.24, 2.45) is 0 Å². The standard InChI is InChI=1S/C24H24Cl2O2/c1-15(2)20-11-18(10-9-16(20)3)24(27)23-21(25)12-19(13-22(23)26)28-14-17-7-5-4-6-8-17/h4-13,15,24,27H,14H2,1-3H3. The molecular weight excluding hydrogens is 391 g/mol. The van der Waals surface area contributed by atoms with Gasteiger partial charge in [-0.2, -0.15) is 0 Å². The molecule has 2 nitrogen and oxygen atoms in total. The summed E-state index contributed by atoms with van der Waals surface area (Å²) in [5, 5.41) is 11.7. The Morgan fingerprint density at radius 1 is 0.929 bits per heavy atom. The molecule has 0 amide bonds. The molecule has 0 spiro atoms. The summed E-state index contributed by atoms with van der Waals surface area (Å²) in [7, 11) is 0. The van der Waals surface area contributed by atoms with Crippen molar-refractivity contribution in [3.8, 4) is 5.75 Å². The third-order valence-corrected chi connectivity index (χ3v) is 5.44. The van der Waals surface area contributed by atoms with Gasteiger partial charge in [0.2, 0.25) is 0 Å². The molecule has 0 fully saturated rings. The van der Waals surface area contributed by atoms with Crippen LogP contribution in [-0.2, 0) is 6.61 Å². The number of aliphatic hydroxyl groups is 1. The van der Waals surface area contributed by atoms with Gasteiger partial charge in [-0.05, 0) is 47.2 Å². The lowest BCUT2D eigenvalue weighted by atomic mass is 9.92. The van der Waals surface area contributed by atoms with Crippen molar-refractivity contribution in [1.29, 1.82) is 0 Å². The highest BCUT2D eigenvalue weighted by Crippen LogP contribution is 2.38. The molecule has 3 aromatic rings. The van der Waals surface area contributed by atoms with Crippen LogP contribution in [0.1, 0.15) is 53.7 Å². The minimum absolute atomic E-state index is 0.367. The van der Waals surface area contributed by atoms with Gasteiger partial charge in [-0.1, -0.05) is 85.6 Å². The highest BCUT2D eigenvalue weighted by Gasteiger charge is 2.20. The summed E-state index contributed by atoms with van der Waals surface area (Å²) in [6, 6.07) is 19.2. The number of hydrogen-bond acceptors (Lipinski definition) is 2. The van der Waals surface area contributed by atoms with Crippen molar-refractivity contribution >= 4 is 23.2 Å². The molecule has 0 aliphatic rings. The lowest BCUT2D eigenvalue weighted by Crippen LogP contribution is -2.05. The van der Waals surface area contributed by atoms with Crippen molar-refractivity contribution in [3.63, 3.8) is 0 Å². The largest absolute Gasteiger partial charge is 0.489 e. The number of hydrogen-bond donors (Lipinski definition) is 1. The average molecular weight is 415 g/mol. The molecule has 0 aliphatic heterocycles. The van der Waals surface area contributed by atoms with Crippen molar-refractivity contribution in [1.82, 2.24) is 0 Å². The number of aliphatic hydroxyl groups excluding tert-OH is 1. The quantitative estimate of drug-likeness (QED) is 0.466. The van der Waals surface area contributed by atoms with Crippen LogP contribution in [-0.4, -0.2) is 5.11 Å². The van der Waals surface area contributed by atoms with Gasteiger partial charge in [0.05, 0.1) is 10.0 Å². The smallest absolute Gasteiger partial charge is 0.122 e. The van der Waals surface area contributed by atoms with E-state index in [2.05, 4.69) is 20.8 Å². The number of aryl methyl sites for hydroxylation is 1. The van der Waals surface area contributed by atoms with Crippen molar-refractivity contribution in [2.75, 3.05) is 0 Å².